The molecule has 0 N–H and O–H groups in total. The summed E-state index contributed by atoms with van der Waals surface area (Å²) in [6, 6.07) is 10.1. The summed E-state index contributed by atoms with van der Waals surface area (Å²) in [5, 5.41) is 0. The first-order chi connectivity index (χ1) is 10.4. The van der Waals surface area contributed by atoms with Crippen molar-refractivity contribution in [2.45, 2.75) is 31.3 Å². The van der Waals surface area contributed by atoms with Gasteiger partial charge in [0, 0.05) is 13.5 Å². The minimum atomic E-state index is -0.109. The van der Waals surface area contributed by atoms with E-state index in [0.717, 1.165) is 17.7 Å². The third kappa shape index (κ3) is 3.50. The Morgan fingerprint density at radius 3 is 2.86 bits per heavy atom. The van der Waals surface area contributed by atoms with Gasteiger partial charge >= 0.3 is 0 Å². The summed E-state index contributed by atoms with van der Waals surface area (Å²) in [6.45, 7) is 1.07. The molecule has 3 atom stereocenters. The highest BCUT2D eigenvalue weighted by Gasteiger charge is 2.37. The van der Waals surface area contributed by atoms with Crippen LogP contribution in [0.25, 0.3) is 0 Å². The van der Waals surface area contributed by atoms with Gasteiger partial charge in [0.2, 0.25) is 0 Å². The van der Waals surface area contributed by atoms with Crippen molar-refractivity contribution in [2.24, 2.45) is 0 Å². The fourth-order valence-corrected chi connectivity index (χ4v) is 2.55. The molecule has 112 valence electrons. The number of nitrogens with zero attached hydrogens (tertiary/aromatic N) is 1. The molecule has 1 aliphatic heterocycles. The quantitative estimate of drug-likeness (QED) is 0.818. The summed E-state index contributed by atoms with van der Waals surface area (Å²) in [5.41, 5.74) is 1.15. The molecule has 0 aliphatic carbocycles. The van der Waals surface area contributed by atoms with Crippen molar-refractivity contribution >= 4 is 0 Å². The summed E-state index contributed by atoms with van der Waals surface area (Å²) in [4.78, 5) is 3.93. The maximum atomic E-state index is 5.96. The second kappa shape index (κ2) is 6.85. The molecule has 3 rings (SSSR count). The lowest BCUT2D eigenvalue weighted by Gasteiger charge is -2.17. The second-order valence-corrected chi connectivity index (χ2v) is 5.08. The Morgan fingerprint density at radius 2 is 2.14 bits per heavy atom. The van der Waals surface area contributed by atoms with Crippen LogP contribution in [-0.4, -0.2) is 30.9 Å². The summed E-state index contributed by atoms with van der Waals surface area (Å²) in [6.07, 6.45) is 3.67. The maximum Gasteiger partial charge on any atom is 0.180 e. The van der Waals surface area contributed by atoms with E-state index < -0.39 is 0 Å². The third-order valence-corrected chi connectivity index (χ3v) is 3.67. The lowest BCUT2D eigenvalue weighted by molar-refractivity contribution is -0.0610. The summed E-state index contributed by atoms with van der Waals surface area (Å²) in [7, 11) is 1.70. The Balaban J connectivity index is 1.52. The van der Waals surface area contributed by atoms with E-state index in [1.54, 1.807) is 13.3 Å². The number of hydrogen-bond acceptors (Lipinski definition) is 5. The van der Waals surface area contributed by atoms with Gasteiger partial charge in [0.15, 0.2) is 12.2 Å². The zero-order valence-electron chi connectivity index (χ0n) is 12.0. The van der Waals surface area contributed by atoms with Crippen molar-refractivity contribution in [3.05, 3.63) is 54.2 Å². The molecule has 0 bridgehead atoms. The molecule has 0 amide bonds. The molecule has 21 heavy (non-hydrogen) atoms. The molecule has 1 aliphatic rings. The molecule has 5 nitrogen and oxygen atoms in total. The van der Waals surface area contributed by atoms with Gasteiger partial charge in [-0.2, -0.15) is 0 Å². The van der Waals surface area contributed by atoms with Crippen molar-refractivity contribution in [1.82, 2.24) is 4.98 Å². The average Bonchev–Trinajstić information content (AvgIpc) is 3.17. The van der Waals surface area contributed by atoms with Crippen LogP contribution in [0, 0.1) is 0 Å². The van der Waals surface area contributed by atoms with Crippen molar-refractivity contribution in [2.75, 3.05) is 13.7 Å². The number of benzene rings is 1. The molecule has 1 fully saturated rings. The number of oxazole rings is 1. The van der Waals surface area contributed by atoms with Gasteiger partial charge in [-0.05, 0) is 5.56 Å². The fraction of sp³-hybridized carbons (Fsp3) is 0.438. The molecule has 0 spiro atoms. The van der Waals surface area contributed by atoms with Crippen LogP contribution >= 0.6 is 0 Å². The van der Waals surface area contributed by atoms with Gasteiger partial charge in [-0.3, -0.25) is 0 Å². The predicted molar refractivity (Wildman–Crippen MR) is 75.6 cm³/mol. The molecule has 2 heterocycles. The van der Waals surface area contributed by atoms with E-state index in [0.29, 0.717) is 13.2 Å². The van der Waals surface area contributed by atoms with Crippen LogP contribution in [0.15, 0.2) is 47.3 Å². The van der Waals surface area contributed by atoms with Crippen molar-refractivity contribution in [3.63, 3.8) is 0 Å². The molecule has 2 aromatic rings. The number of ether oxygens (including phenoxy) is 3. The fourth-order valence-electron chi connectivity index (χ4n) is 2.55. The Hall–Kier alpha value is -1.69. The van der Waals surface area contributed by atoms with Crippen LogP contribution in [0.5, 0.6) is 0 Å². The van der Waals surface area contributed by atoms with E-state index in [1.807, 2.05) is 30.3 Å². The first-order valence-corrected chi connectivity index (χ1v) is 7.05. The molecule has 0 unspecified atom stereocenters. The van der Waals surface area contributed by atoms with E-state index in [1.165, 1.54) is 6.39 Å². The molecule has 0 saturated carbocycles. The largest absolute Gasteiger partial charge is 0.446 e. The second-order valence-electron chi connectivity index (χ2n) is 5.08. The predicted octanol–water partition coefficient (Wildman–Crippen LogP) is 2.74. The van der Waals surface area contributed by atoms with Gasteiger partial charge in [-0.1, -0.05) is 30.3 Å². The zero-order valence-corrected chi connectivity index (χ0v) is 12.0. The Morgan fingerprint density at radius 1 is 1.29 bits per heavy atom. The summed E-state index contributed by atoms with van der Waals surface area (Å²) >= 11 is 0. The number of aromatic nitrogens is 1. The van der Waals surface area contributed by atoms with Gasteiger partial charge in [0.1, 0.15) is 12.2 Å². The normalized spacial score (nSPS) is 25.3. The minimum Gasteiger partial charge on any atom is -0.446 e. The van der Waals surface area contributed by atoms with E-state index >= 15 is 0 Å². The van der Waals surface area contributed by atoms with Gasteiger partial charge in [-0.15, -0.1) is 0 Å². The molecule has 1 aromatic heterocycles. The number of rotatable bonds is 6. The maximum absolute atomic E-state index is 5.96. The van der Waals surface area contributed by atoms with Crippen LogP contribution in [0.2, 0.25) is 0 Å². The molecule has 1 saturated heterocycles. The highest BCUT2D eigenvalue weighted by atomic mass is 16.6. The monoisotopic (exact) mass is 289 g/mol. The molecule has 0 radical (unpaired) electrons. The standard InChI is InChI=1S/C16H19NO4/c1-18-13-7-14(15-8-17-11-20-15)21-16(13)10-19-9-12-5-3-2-4-6-12/h2-6,8,11,13-14,16H,7,9-10H2,1H3/t13-,14+,16+/m0/s1. The SMILES string of the molecule is CO[C@H]1C[C@H](c2cnco2)O[C@@H]1COCc1ccccc1. The third-order valence-electron chi connectivity index (χ3n) is 3.67. The topological polar surface area (TPSA) is 53.7 Å². The molecule has 1 aromatic carbocycles. The minimum absolute atomic E-state index is 0.0101. The van der Waals surface area contributed by atoms with Crippen LogP contribution in [-0.2, 0) is 20.8 Å². The van der Waals surface area contributed by atoms with Gasteiger partial charge < -0.3 is 18.6 Å². The Labute approximate surface area is 123 Å². The van der Waals surface area contributed by atoms with E-state index in [4.69, 9.17) is 18.6 Å². The van der Waals surface area contributed by atoms with Gasteiger partial charge in [-0.25, -0.2) is 4.98 Å². The van der Waals surface area contributed by atoms with Crippen molar-refractivity contribution < 1.29 is 18.6 Å². The molecule has 5 heteroatoms. The lowest BCUT2D eigenvalue weighted by atomic mass is 10.1. The smallest absolute Gasteiger partial charge is 0.180 e. The Bertz CT molecular complexity index is 528. The molecular formula is C16H19NO4. The van der Waals surface area contributed by atoms with Crippen LogP contribution in [0.1, 0.15) is 23.8 Å². The number of methoxy groups -OCH3 is 1. The average molecular weight is 289 g/mol. The van der Waals surface area contributed by atoms with Crippen LogP contribution < -0.4 is 0 Å². The summed E-state index contributed by atoms with van der Waals surface area (Å²) in [5.74, 6) is 0.739. The van der Waals surface area contributed by atoms with Crippen molar-refractivity contribution in [3.8, 4) is 0 Å². The summed E-state index contributed by atoms with van der Waals surface area (Å²) < 4.78 is 22.5. The molecular weight excluding hydrogens is 270 g/mol. The van der Waals surface area contributed by atoms with Gasteiger partial charge in [0.25, 0.3) is 0 Å². The van der Waals surface area contributed by atoms with Crippen LogP contribution in [0.3, 0.4) is 0 Å². The highest BCUT2D eigenvalue weighted by Crippen LogP contribution is 2.34. The first-order valence-electron chi connectivity index (χ1n) is 7.05. The van der Waals surface area contributed by atoms with Crippen molar-refractivity contribution in [1.29, 1.82) is 0 Å². The number of hydrogen-bond donors (Lipinski definition) is 0. The Kier molecular flexibility index (Phi) is 4.65. The van der Waals surface area contributed by atoms with E-state index in [9.17, 15) is 0 Å². The van der Waals surface area contributed by atoms with E-state index in [-0.39, 0.29) is 18.3 Å². The highest BCUT2D eigenvalue weighted by molar-refractivity contribution is 5.13. The zero-order chi connectivity index (χ0) is 14.5. The van der Waals surface area contributed by atoms with Gasteiger partial charge in [0.05, 0.1) is 25.5 Å². The van der Waals surface area contributed by atoms with E-state index in [2.05, 4.69) is 4.98 Å². The first kappa shape index (κ1) is 14.3. The lowest BCUT2D eigenvalue weighted by Crippen LogP contribution is -2.28. The van der Waals surface area contributed by atoms with Crippen LogP contribution in [0.4, 0.5) is 0 Å².